The van der Waals surface area contributed by atoms with Crippen molar-refractivity contribution in [2.45, 2.75) is 24.8 Å². The van der Waals surface area contributed by atoms with Gasteiger partial charge in [0.1, 0.15) is 0 Å². The van der Waals surface area contributed by atoms with Crippen molar-refractivity contribution in [1.82, 2.24) is 5.32 Å². The van der Waals surface area contributed by atoms with E-state index in [0.29, 0.717) is 6.07 Å². The van der Waals surface area contributed by atoms with Crippen LogP contribution in [-0.2, 0) is 15.8 Å². The molecule has 1 aromatic carbocycles. The molecule has 0 aliphatic heterocycles. The monoisotopic (exact) mass is 329 g/mol. The van der Waals surface area contributed by atoms with E-state index in [0.717, 1.165) is 18.2 Å². The summed E-state index contributed by atoms with van der Waals surface area (Å²) in [6.07, 6.45) is -11.4. The molecule has 0 aromatic heterocycles. The molecule has 0 saturated heterocycles. The molecular formula is C12H9F6NO3. The smallest absolute Gasteiger partial charge is 0.471 e. The highest BCUT2D eigenvalue weighted by Gasteiger charge is 2.42. The van der Waals surface area contributed by atoms with Crippen molar-refractivity contribution in [2.75, 3.05) is 0 Å². The van der Waals surface area contributed by atoms with E-state index in [9.17, 15) is 35.9 Å². The van der Waals surface area contributed by atoms with Crippen LogP contribution in [0.25, 0.3) is 0 Å². The molecule has 0 aliphatic carbocycles. The van der Waals surface area contributed by atoms with Crippen molar-refractivity contribution in [3.8, 4) is 0 Å². The zero-order valence-corrected chi connectivity index (χ0v) is 10.6. The highest BCUT2D eigenvalue weighted by atomic mass is 19.4. The fourth-order valence-corrected chi connectivity index (χ4v) is 1.71. The lowest BCUT2D eigenvalue weighted by molar-refractivity contribution is -0.174. The van der Waals surface area contributed by atoms with Crippen LogP contribution in [0.1, 0.15) is 23.6 Å². The first-order chi connectivity index (χ1) is 9.93. The number of carboxylic acid groups (broad SMARTS) is 1. The van der Waals surface area contributed by atoms with E-state index < -0.39 is 47.8 Å². The quantitative estimate of drug-likeness (QED) is 0.835. The summed E-state index contributed by atoms with van der Waals surface area (Å²) >= 11 is 0. The number of nitrogens with one attached hydrogen (secondary N) is 1. The molecule has 0 bridgehead atoms. The Balaban J connectivity index is 3.24. The summed E-state index contributed by atoms with van der Waals surface area (Å²) in [5, 5.41) is 9.91. The largest absolute Gasteiger partial charge is 0.481 e. The summed E-state index contributed by atoms with van der Waals surface area (Å²) in [5.41, 5.74) is -2.07. The fraction of sp³-hybridized carbons (Fsp3) is 0.333. The van der Waals surface area contributed by atoms with E-state index in [4.69, 9.17) is 5.11 Å². The Hall–Kier alpha value is -2.26. The Morgan fingerprint density at radius 1 is 1.09 bits per heavy atom. The number of rotatable bonds is 4. The first-order valence-electron chi connectivity index (χ1n) is 5.68. The summed E-state index contributed by atoms with van der Waals surface area (Å²) in [6, 6.07) is 1.52. The SMILES string of the molecule is O=C(O)CC(NC(=O)C(F)(F)F)c1ccccc1C(F)(F)F. The summed E-state index contributed by atoms with van der Waals surface area (Å²) < 4.78 is 75.2. The van der Waals surface area contributed by atoms with Crippen LogP contribution in [0.4, 0.5) is 26.3 Å². The third-order valence-electron chi connectivity index (χ3n) is 2.58. The van der Waals surface area contributed by atoms with E-state index in [2.05, 4.69) is 0 Å². The molecule has 1 aromatic rings. The highest BCUT2D eigenvalue weighted by Crippen LogP contribution is 2.35. The molecule has 1 atom stereocenters. The van der Waals surface area contributed by atoms with E-state index in [1.165, 1.54) is 5.32 Å². The first-order valence-corrected chi connectivity index (χ1v) is 5.68. The number of amides is 1. The number of hydrogen-bond acceptors (Lipinski definition) is 2. The van der Waals surface area contributed by atoms with Crippen LogP contribution >= 0.6 is 0 Å². The van der Waals surface area contributed by atoms with Gasteiger partial charge in [0.25, 0.3) is 0 Å². The molecule has 2 N–H and O–H groups in total. The van der Waals surface area contributed by atoms with Crippen LogP contribution < -0.4 is 5.32 Å². The molecule has 1 amide bonds. The zero-order chi connectivity index (χ0) is 17.1. The number of halogens is 6. The number of carbonyl (C=O) groups is 2. The van der Waals surface area contributed by atoms with Gasteiger partial charge in [0.15, 0.2) is 0 Å². The van der Waals surface area contributed by atoms with Gasteiger partial charge in [-0.05, 0) is 11.6 Å². The second kappa shape index (κ2) is 6.24. The summed E-state index contributed by atoms with van der Waals surface area (Å²) in [4.78, 5) is 21.5. The van der Waals surface area contributed by atoms with Gasteiger partial charge in [0, 0.05) is 0 Å². The number of hydrogen-bond donors (Lipinski definition) is 2. The van der Waals surface area contributed by atoms with E-state index in [-0.39, 0.29) is 0 Å². The van der Waals surface area contributed by atoms with Gasteiger partial charge in [-0.2, -0.15) is 26.3 Å². The lowest BCUT2D eigenvalue weighted by atomic mass is 9.97. The maximum absolute atomic E-state index is 12.8. The van der Waals surface area contributed by atoms with Crippen LogP contribution in [0, 0.1) is 0 Å². The van der Waals surface area contributed by atoms with Gasteiger partial charge in [-0.1, -0.05) is 18.2 Å². The number of benzene rings is 1. The Kier molecular flexibility index (Phi) is 5.05. The Morgan fingerprint density at radius 2 is 1.64 bits per heavy atom. The topological polar surface area (TPSA) is 66.4 Å². The zero-order valence-electron chi connectivity index (χ0n) is 10.6. The average Bonchev–Trinajstić information content (AvgIpc) is 2.35. The predicted octanol–water partition coefficient (Wildman–Crippen LogP) is 2.90. The lowest BCUT2D eigenvalue weighted by Crippen LogP contribution is -2.40. The molecular weight excluding hydrogens is 320 g/mol. The van der Waals surface area contributed by atoms with Crippen molar-refractivity contribution in [3.63, 3.8) is 0 Å². The highest BCUT2D eigenvalue weighted by molar-refractivity contribution is 5.82. The molecule has 0 saturated carbocycles. The minimum atomic E-state index is -5.34. The molecule has 0 spiro atoms. The second-order valence-electron chi connectivity index (χ2n) is 4.21. The standard InChI is InChI=1S/C12H9F6NO3/c13-11(14,15)7-4-2-1-3-6(7)8(5-9(20)21)19-10(22)12(16,17)18/h1-4,8H,5H2,(H,19,22)(H,20,21). The maximum Gasteiger partial charge on any atom is 0.471 e. The number of carbonyl (C=O) groups excluding carboxylic acids is 1. The number of carboxylic acids is 1. The molecule has 0 heterocycles. The van der Waals surface area contributed by atoms with E-state index in [1.54, 1.807) is 0 Å². The van der Waals surface area contributed by atoms with Crippen LogP contribution in [0.3, 0.4) is 0 Å². The van der Waals surface area contributed by atoms with Crippen molar-refractivity contribution in [3.05, 3.63) is 35.4 Å². The Morgan fingerprint density at radius 3 is 2.09 bits per heavy atom. The van der Waals surface area contributed by atoms with Crippen molar-refractivity contribution in [1.29, 1.82) is 0 Å². The van der Waals surface area contributed by atoms with Crippen LogP contribution in [-0.4, -0.2) is 23.2 Å². The van der Waals surface area contributed by atoms with Gasteiger partial charge in [-0.3, -0.25) is 9.59 Å². The minimum absolute atomic E-state index is 0.587. The van der Waals surface area contributed by atoms with E-state index >= 15 is 0 Å². The van der Waals surface area contributed by atoms with E-state index in [1.807, 2.05) is 0 Å². The summed E-state index contributed by atoms with van der Waals surface area (Å²) in [5.74, 6) is -4.18. The molecule has 1 unspecified atom stereocenters. The van der Waals surface area contributed by atoms with Gasteiger partial charge >= 0.3 is 24.2 Å². The summed E-state index contributed by atoms with van der Waals surface area (Å²) in [6.45, 7) is 0. The molecule has 0 aliphatic rings. The molecule has 0 fully saturated rings. The van der Waals surface area contributed by atoms with Gasteiger partial charge in [-0.25, -0.2) is 0 Å². The molecule has 10 heteroatoms. The molecule has 22 heavy (non-hydrogen) atoms. The Bertz CT molecular complexity index is 567. The van der Waals surface area contributed by atoms with Gasteiger partial charge < -0.3 is 10.4 Å². The van der Waals surface area contributed by atoms with Crippen LogP contribution in [0.5, 0.6) is 0 Å². The minimum Gasteiger partial charge on any atom is -0.481 e. The van der Waals surface area contributed by atoms with Gasteiger partial charge in [0.05, 0.1) is 18.0 Å². The lowest BCUT2D eigenvalue weighted by Gasteiger charge is -2.22. The van der Waals surface area contributed by atoms with Crippen LogP contribution in [0.15, 0.2) is 24.3 Å². The summed E-state index contributed by atoms with van der Waals surface area (Å²) in [7, 11) is 0. The molecule has 122 valence electrons. The normalized spacial score (nSPS) is 13.5. The van der Waals surface area contributed by atoms with Crippen molar-refractivity contribution in [2.24, 2.45) is 0 Å². The maximum atomic E-state index is 12.8. The average molecular weight is 329 g/mol. The van der Waals surface area contributed by atoms with Gasteiger partial charge in [-0.15, -0.1) is 0 Å². The second-order valence-corrected chi connectivity index (χ2v) is 4.21. The third kappa shape index (κ3) is 4.64. The fourth-order valence-electron chi connectivity index (χ4n) is 1.71. The third-order valence-corrected chi connectivity index (χ3v) is 2.58. The van der Waals surface area contributed by atoms with Crippen molar-refractivity contribution < 1.29 is 41.0 Å². The molecule has 1 rings (SSSR count). The molecule has 0 radical (unpaired) electrons. The van der Waals surface area contributed by atoms with Crippen molar-refractivity contribution >= 4 is 11.9 Å². The number of aliphatic carboxylic acids is 1. The van der Waals surface area contributed by atoms with Gasteiger partial charge in [0.2, 0.25) is 0 Å². The predicted molar refractivity (Wildman–Crippen MR) is 60.6 cm³/mol. The van der Waals surface area contributed by atoms with Crippen LogP contribution in [0.2, 0.25) is 0 Å². The first kappa shape index (κ1) is 17.8. The molecule has 4 nitrogen and oxygen atoms in total. The Labute approximate surface area is 119 Å². The number of alkyl halides is 6.